The summed E-state index contributed by atoms with van der Waals surface area (Å²) in [5, 5.41) is 2.36. The molecule has 1 heterocycles. The van der Waals surface area contributed by atoms with Gasteiger partial charge in [0.15, 0.2) is 0 Å². The maximum Gasteiger partial charge on any atom is 0.316 e. The number of para-hydroxylation sites is 1. The fourth-order valence-corrected chi connectivity index (χ4v) is 2.29. The lowest BCUT2D eigenvalue weighted by molar-refractivity contribution is 0.259. The first-order valence-corrected chi connectivity index (χ1v) is 5.71. The molecule has 1 saturated heterocycles. The number of rotatable bonds is 2. The van der Waals surface area contributed by atoms with Crippen molar-refractivity contribution in [1.29, 1.82) is 0 Å². The van der Waals surface area contributed by atoms with Crippen LogP contribution in [0.25, 0.3) is 0 Å². The Kier molecular flexibility index (Phi) is 3.17. The molecule has 17 heavy (non-hydrogen) atoms. The molecule has 4 nitrogen and oxygen atoms in total. The first kappa shape index (κ1) is 11.7. The van der Waals surface area contributed by atoms with Gasteiger partial charge >= 0.3 is 6.03 Å². The molecular formula is C12H16FN3O. The van der Waals surface area contributed by atoms with E-state index in [1.165, 1.54) is 6.07 Å². The Morgan fingerprint density at radius 1 is 1.59 bits per heavy atom. The number of primary amides is 1. The van der Waals surface area contributed by atoms with E-state index in [9.17, 15) is 9.18 Å². The lowest BCUT2D eigenvalue weighted by Crippen LogP contribution is -2.29. The summed E-state index contributed by atoms with van der Waals surface area (Å²) < 4.78 is 13.7. The molecule has 0 aliphatic carbocycles. The zero-order valence-electron chi connectivity index (χ0n) is 9.74. The van der Waals surface area contributed by atoms with Crippen LogP contribution in [0.1, 0.15) is 19.8 Å². The molecule has 0 unspecified atom stereocenters. The van der Waals surface area contributed by atoms with Gasteiger partial charge in [0, 0.05) is 12.6 Å². The second kappa shape index (κ2) is 4.61. The molecule has 3 N–H and O–H groups in total. The molecule has 92 valence electrons. The summed E-state index contributed by atoms with van der Waals surface area (Å²) in [4.78, 5) is 13.0. The van der Waals surface area contributed by atoms with Crippen molar-refractivity contribution in [2.75, 3.05) is 16.8 Å². The minimum absolute atomic E-state index is 0.175. The number of carbonyl (C=O) groups excluding carboxylic acids is 1. The maximum absolute atomic E-state index is 13.7. The molecule has 0 bridgehead atoms. The van der Waals surface area contributed by atoms with Crippen LogP contribution >= 0.6 is 0 Å². The van der Waals surface area contributed by atoms with Crippen molar-refractivity contribution in [3.8, 4) is 0 Å². The van der Waals surface area contributed by atoms with Crippen molar-refractivity contribution in [3.05, 3.63) is 24.0 Å². The van der Waals surface area contributed by atoms with E-state index >= 15 is 0 Å². The third-order valence-corrected chi connectivity index (χ3v) is 3.10. The molecule has 0 spiro atoms. The van der Waals surface area contributed by atoms with Crippen molar-refractivity contribution in [1.82, 2.24) is 0 Å². The highest BCUT2D eigenvalue weighted by Gasteiger charge is 2.24. The van der Waals surface area contributed by atoms with Crippen molar-refractivity contribution in [2.24, 2.45) is 5.73 Å². The molecule has 2 rings (SSSR count). The van der Waals surface area contributed by atoms with E-state index in [-0.39, 0.29) is 5.69 Å². The van der Waals surface area contributed by atoms with E-state index in [0.29, 0.717) is 11.7 Å². The number of benzene rings is 1. The van der Waals surface area contributed by atoms with E-state index < -0.39 is 11.8 Å². The summed E-state index contributed by atoms with van der Waals surface area (Å²) >= 11 is 0. The van der Waals surface area contributed by atoms with E-state index in [1.54, 1.807) is 12.1 Å². The molecule has 0 aromatic heterocycles. The van der Waals surface area contributed by atoms with Crippen LogP contribution < -0.4 is 16.0 Å². The number of hydrogen-bond acceptors (Lipinski definition) is 2. The summed E-state index contributed by atoms with van der Waals surface area (Å²) in [6.45, 7) is 2.96. The summed E-state index contributed by atoms with van der Waals surface area (Å²) in [6, 6.07) is 4.36. The average Bonchev–Trinajstić information content (AvgIpc) is 2.67. The molecule has 1 aromatic carbocycles. The second-order valence-corrected chi connectivity index (χ2v) is 4.31. The van der Waals surface area contributed by atoms with Gasteiger partial charge in [-0.15, -0.1) is 0 Å². The molecule has 0 radical (unpaired) electrons. The lowest BCUT2D eigenvalue weighted by Gasteiger charge is -2.26. The third kappa shape index (κ3) is 2.33. The van der Waals surface area contributed by atoms with E-state index in [0.717, 1.165) is 19.4 Å². The SMILES string of the molecule is C[C@@H]1CCCN1c1cccc(F)c1NC(N)=O. The molecule has 0 saturated carbocycles. The molecule has 1 aliphatic heterocycles. The third-order valence-electron chi connectivity index (χ3n) is 3.10. The first-order chi connectivity index (χ1) is 8.09. The first-order valence-electron chi connectivity index (χ1n) is 5.71. The number of hydrogen-bond donors (Lipinski definition) is 2. The van der Waals surface area contributed by atoms with Crippen LogP contribution in [0, 0.1) is 5.82 Å². The van der Waals surface area contributed by atoms with Gasteiger partial charge in [0.1, 0.15) is 11.5 Å². The van der Waals surface area contributed by atoms with Gasteiger partial charge in [-0.1, -0.05) is 6.07 Å². The van der Waals surface area contributed by atoms with Gasteiger partial charge in [0.05, 0.1) is 5.69 Å². The van der Waals surface area contributed by atoms with Gasteiger partial charge in [-0.3, -0.25) is 0 Å². The summed E-state index contributed by atoms with van der Waals surface area (Å²) in [5.74, 6) is -0.458. The smallest absolute Gasteiger partial charge is 0.316 e. The van der Waals surface area contributed by atoms with Gasteiger partial charge in [0.2, 0.25) is 0 Å². The monoisotopic (exact) mass is 237 g/mol. The maximum atomic E-state index is 13.7. The normalized spacial score (nSPS) is 19.4. The number of nitrogens with two attached hydrogens (primary N) is 1. The van der Waals surface area contributed by atoms with E-state index in [4.69, 9.17) is 5.73 Å². The van der Waals surface area contributed by atoms with Crippen molar-refractivity contribution in [3.63, 3.8) is 0 Å². The van der Waals surface area contributed by atoms with Gasteiger partial charge in [-0.05, 0) is 31.9 Å². The van der Waals surface area contributed by atoms with Gasteiger partial charge < -0.3 is 16.0 Å². The van der Waals surface area contributed by atoms with Crippen LogP contribution in [0.2, 0.25) is 0 Å². The standard InChI is InChI=1S/C12H16FN3O/c1-8-4-3-7-16(8)10-6-2-5-9(13)11(10)15-12(14)17/h2,5-6,8H,3-4,7H2,1H3,(H3,14,15,17)/t8-/m1/s1. The highest BCUT2D eigenvalue weighted by molar-refractivity contribution is 5.92. The molecule has 1 atom stereocenters. The topological polar surface area (TPSA) is 58.4 Å². The molecule has 2 amide bonds. The number of anilines is 2. The Hall–Kier alpha value is -1.78. The number of urea groups is 1. The van der Waals surface area contributed by atoms with Crippen LogP contribution in [0.15, 0.2) is 18.2 Å². The molecular weight excluding hydrogens is 221 g/mol. The Morgan fingerprint density at radius 3 is 2.94 bits per heavy atom. The van der Waals surface area contributed by atoms with Crippen molar-refractivity contribution < 1.29 is 9.18 Å². The minimum atomic E-state index is -0.747. The van der Waals surface area contributed by atoms with Crippen molar-refractivity contribution >= 4 is 17.4 Å². The van der Waals surface area contributed by atoms with E-state index in [1.807, 2.05) is 0 Å². The van der Waals surface area contributed by atoms with Crippen LogP contribution in [-0.2, 0) is 0 Å². The molecule has 1 aromatic rings. The summed E-state index contributed by atoms with van der Waals surface area (Å²) in [5.41, 5.74) is 5.94. The Morgan fingerprint density at radius 2 is 2.35 bits per heavy atom. The zero-order chi connectivity index (χ0) is 12.4. The predicted molar refractivity (Wildman–Crippen MR) is 65.6 cm³/mol. The largest absolute Gasteiger partial charge is 0.367 e. The molecule has 1 aliphatic rings. The quantitative estimate of drug-likeness (QED) is 0.829. The lowest BCUT2D eigenvalue weighted by atomic mass is 10.2. The number of halogens is 1. The van der Waals surface area contributed by atoms with Crippen LogP contribution in [-0.4, -0.2) is 18.6 Å². The fraction of sp³-hybridized carbons (Fsp3) is 0.417. The summed E-state index contributed by atoms with van der Waals surface area (Å²) in [7, 11) is 0. The Bertz CT molecular complexity index is 436. The zero-order valence-corrected chi connectivity index (χ0v) is 9.74. The number of nitrogens with one attached hydrogen (secondary N) is 1. The fourth-order valence-electron chi connectivity index (χ4n) is 2.29. The molecule has 5 heteroatoms. The highest BCUT2D eigenvalue weighted by atomic mass is 19.1. The number of amides is 2. The predicted octanol–water partition coefficient (Wildman–Crippen LogP) is 2.30. The number of nitrogens with zero attached hydrogens (tertiary/aromatic N) is 1. The van der Waals surface area contributed by atoms with Crippen molar-refractivity contribution in [2.45, 2.75) is 25.8 Å². The van der Waals surface area contributed by atoms with Crippen LogP contribution in [0.3, 0.4) is 0 Å². The Balaban J connectivity index is 2.38. The van der Waals surface area contributed by atoms with Gasteiger partial charge in [-0.2, -0.15) is 0 Å². The van der Waals surface area contributed by atoms with Crippen LogP contribution in [0.4, 0.5) is 20.6 Å². The average molecular weight is 237 g/mol. The number of carbonyl (C=O) groups is 1. The highest BCUT2D eigenvalue weighted by Crippen LogP contribution is 2.33. The van der Waals surface area contributed by atoms with Gasteiger partial charge in [-0.25, -0.2) is 9.18 Å². The Labute approximate surface area is 99.6 Å². The van der Waals surface area contributed by atoms with Crippen LogP contribution in [0.5, 0.6) is 0 Å². The second-order valence-electron chi connectivity index (χ2n) is 4.31. The summed E-state index contributed by atoms with van der Waals surface area (Å²) in [6.07, 6.45) is 2.15. The molecule has 1 fully saturated rings. The van der Waals surface area contributed by atoms with E-state index in [2.05, 4.69) is 17.1 Å². The minimum Gasteiger partial charge on any atom is -0.367 e. The van der Waals surface area contributed by atoms with Gasteiger partial charge in [0.25, 0.3) is 0 Å².